The molecule has 0 aromatic carbocycles. The predicted molar refractivity (Wildman–Crippen MR) is 64.2 cm³/mol. The van der Waals surface area contributed by atoms with Crippen LogP contribution in [0.3, 0.4) is 0 Å². The monoisotopic (exact) mass is 245 g/mol. The van der Waals surface area contributed by atoms with E-state index in [1.807, 2.05) is 27.7 Å². The Morgan fingerprint density at radius 2 is 1.47 bits per heavy atom. The number of hydrogen-bond donors (Lipinski definition) is 1. The first-order valence-electron chi connectivity index (χ1n) is 5.90. The summed E-state index contributed by atoms with van der Waals surface area (Å²) in [6.07, 6.45) is -0.135. The van der Waals surface area contributed by atoms with Crippen LogP contribution in [-0.4, -0.2) is 31.2 Å². The second-order valence-corrected chi connectivity index (χ2v) is 4.91. The van der Waals surface area contributed by atoms with Gasteiger partial charge in [0.2, 0.25) is 0 Å². The van der Waals surface area contributed by atoms with Crippen molar-refractivity contribution >= 4 is 11.9 Å². The van der Waals surface area contributed by atoms with Crippen LogP contribution in [0.15, 0.2) is 0 Å². The third-order valence-electron chi connectivity index (χ3n) is 1.83. The molecule has 0 unspecified atom stereocenters. The van der Waals surface area contributed by atoms with Gasteiger partial charge in [0, 0.05) is 0 Å². The Morgan fingerprint density at radius 1 is 1.00 bits per heavy atom. The van der Waals surface area contributed by atoms with Gasteiger partial charge in [0.05, 0.1) is 19.6 Å². The molecule has 17 heavy (non-hydrogen) atoms. The molecule has 0 radical (unpaired) electrons. The van der Waals surface area contributed by atoms with Gasteiger partial charge in [-0.2, -0.15) is 0 Å². The van der Waals surface area contributed by atoms with E-state index in [0.717, 1.165) is 0 Å². The van der Waals surface area contributed by atoms with Crippen molar-refractivity contribution in [1.29, 1.82) is 0 Å². The highest BCUT2D eigenvalue weighted by atomic mass is 16.5. The number of rotatable bonds is 7. The van der Waals surface area contributed by atoms with E-state index in [1.54, 1.807) is 0 Å². The first kappa shape index (κ1) is 15.9. The zero-order valence-electron chi connectivity index (χ0n) is 11.1. The summed E-state index contributed by atoms with van der Waals surface area (Å²) in [6, 6.07) is -0.937. The minimum absolute atomic E-state index is 0.135. The highest BCUT2D eigenvalue weighted by Gasteiger charge is 2.20. The topological polar surface area (TPSA) is 78.6 Å². The lowest BCUT2D eigenvalue weighted by atomic mass is 10.2. The second kappa shape index (κ2) is 8.06. The quantitative estimate of drug-likeness (QED) is 0.679. The Hall–Kier alpha value is -1.10. The zero-order chi connectivity index (χ0) is 13.4. The van der Waals surface area contributed by atoms with Crippen LogP contribution < -0.4 is 5.73 Å². The van der Waals surface area contributed by atoms with Crippen LogP contribution in [0.25, 0.3) is 0 Å². The summed E-state index contributed by atoms with van der Waals surface area (Å²) in [5.41, 5.74) is 5.54. The molecule has 0 rings (SSSR count). The molecule has 0 bridgehead atoms. The lowest BCUT2D eigenvalue weighted by Crippen LogP contribution is -2.35. The average Bonchev–Trinajstić information content (AvgIpc) is 2.22. The first-order valence-corrected chi connectivity index (χ1v) is 5.90. The minimum atomic E-state index is -0.937. The molecule has 2 N–H and O–H groups in total. The molecule has 0 heterocycles. The summed E-state index contributed by atoms with van der Waals surface area (Å²) in [5.74, 6) is -0.505. The van der Waals surface area contributed by atoms with E-state index in [1.165, 1.54) is 0 Å². The zero-order valence-corrected chi connectivity index (χ0v) is 11.1. The fourth-order valence-electron chi connectivity index (χ4n) is 0.937. The molecule has 5 nitrogen and oxygen atoms in total. The maximum atomic E-state index is 11.4. The number of carbonyl (C=O) groups excluding carboxylic acids is 2. The Labute approximate surface area is 103 Å². The van der Waals surface area contributed by atoms with Crippen LogP contribution in [0.1, 0.15) is 34.1 Å². The van der Waals surface area contributed by atoms with Crippen molar-refractivity contribution in [2.45, 2.75) is 40.2 Å². The molecule has 1 atom stereocenters. The van der Waals surface area contributed by atoms with E-state index in [2.05, 4.69) is 0 Å². The van der Waals surface area contributed by atoms with Crippen molar-refractivity contribution in [1.82, 2.24) is 0 Å². The van der Waals surface area contributed by atoms with Crippen LogP contribution in [0.4, 0.5) is 0 Å². The predicted octanol–water partition coefficient (Wildman–Crippen LogP) is 1.10. The number of hydrogen-bond acceptors (Lipinski definition) is 5. The molecule has 0 fully saturated rings. The van der Waals surface area contributed by atoms with E-state index in [-0.39, 0.29) is 18.3 Å². The Bertz CT molecular complexity index is 251. The SMILES string of the molecule is CC(C)COC(=O)C[C@@H](N)C(=O)OCC(C)C. The highest BCUT2D eigenvalue weighted by Crippen LogP contribution is 2.00. The number of esters is 2. The van der Waals surface area contributed by atoms with Gasteiger partial charge in [0.25, 0.3) is 0 Å². The molecular formula is C12H23NO4. The van der Waals surface area contributed by atoms with Gasteiger partial charge >= 0.3 is 11.9 Å². The fraction of sp³-hybridized carbons (Fsp3) is 0.833. The Morgan fingerprint density at radius 3 is 1.94 bits per heavy atom. The van der Waals surface area contributed by atoms with Crippen LogP contribution in [-0.2, 0) is 19.1 Å². The van der Waals surface area contributed by atoms with E-state index in [4.69, 9.17) is 15.2 Å². The summed E-state index contributed by atoms with van der Waals surface area (Å²) in [6.45, 7) is 8.37. The molecule has 0 aliphatic carbocycles. The fourth-order valence-corrected chi connectivity index (χ4v) is 0.937. The van der Waals surface area contributed by atoms with Crippen LogP contribution in [0, 0.1) is 11.8 Å². The Kier molecular flexibility index (Phi) is 7.54. The minimum Gasteiger partial charge on any atom is -0.465 e. The van der Waals surface area contributed by atoms with Gasteiger partial charge < -0.3 is 15.2 Å². The maximum Gasteiger partial charge on any atom is 0.323 e. The molecule has 0 saturated heterocycles. The molecule has 0 amide bonds. The lowest BCUT2D eigenvalue weighted by Gasteiger charge is -2.13. The van der Waals surface area contributed by atoms with E-state index >= 15 is 0 Å². The summed E-state index contributed by atoms with van der Waals surface area (Å²) in [5, 5.41) is 0. The molecule has 0 aliphatic rings. The Balaban J connectivity index is 3.86. The molecule has 0 aliphatic heterocycles. The largest absolute Gasteiger partial charge is 0.465 e. The number of ether oxygens (including phenoxy) is 2. The second-order valence-electron chi connectivity index (χ2n) is 4.91. The number of carbonyl (C=O) groups is 2. The van der Waals surface area contributed by atoms with E-state index < -0.39 is 18.0 Å². The van der Waals surface area contributed by atoms with Gasteiger partial charge in [-0.05, 0) is 11.8 Å². The molecule has 5 heteroatoms. The van der Waals surface area contributed by atoms with Crippen LogP contribution >= 0.6 is 0 Å². The molecule has 0 aromatic heterocycles. The summed E-state index contributed by atoms with van der Waals surface area (Å²) >= 11 is 0. The first-order chi connectivity index (χ1) is 7.82. The summed E-state index contributed by atoms with van der Waals surface area (Å²) < 4.78 is 9.84. The van der Waals surface area contributed by atoms with Gasteiger partial charge in [-0.3, -0.25) is 9.59 Å². The standard InChI is InChI=1S/C12H23NO4/c1-8(2)6-16-11(14)5-10(13)12(15)17-7-9(3)4/h8-10H,5-7,13H2,1-4H3/t10-/m1/s1. The maximum absolute atomic E-state index is 11.4. The van der Waals surface area contributed by atoms with E-state index in [0.29, 0.717) is 13.2 Å². The summed E-state index contributed by atoms with van der Waals surface area (Å²) in [4.78, 5) is 22.7. The highest BCUT2D eigenvalue weighted by molar-refractivity contribution is 5.82. The van der Waals surface area contributed by atoms with Gasteiger partial charge in [-0.25, -0.2) is 0 Å². The van der Waals surface area contributed by atoms with Crippen molar-refractivity contribution in [3.8, 4) is 0 Å². The van der Waals surface area contributed by atoms with Gasteiger partial charge in [-0.15, -0.1) is 0 Å². The van der Waals surface area contributed by atoms with Gasteiger partial charge in [-0.1, -0.05) is 27.7 Å². The molecule has 0 saturated carbocycles. The molecule has 0 spiro atoms. The normalized spacial score (nSPS) is 12.6. The average molecular weight is 245 g/mol. The van der Waals surface area contributed by atoms with Crippen molar-refractivity contribution in [2.24, 2.45) is 17.6 Å². The van der Waals surface area contributed by atoms with Gasteiger partial charge in [0.15, 0.2) is 0 Å². The van der Waals surface area contributed by atoms with Crippen molar-refractivity contribution in [3.05, 3.63) is 0 Å². The third kappa shape index (κ3) is 8.68. The smallest absolute Gasteiger partial charge is 0.323 e. The van der Waals surface area contributed by atoms with Crippen LogP contribution in [0.5, 0.6) is 0 Å². The summed E-state index contributed by atoms with van der Waals surface area (Å²) in [7, 11) is 0. The van der Waals surface area contributed by atoms with E-state index in [9.17, 15) is 9.59 Å². The van der Waals surface area contributed by atoms with Gasteiger partial charge in [0.1, 0.15) is 6.04 Å². The molecule has 100 valence electrons. The van der Waals surface area contributed by atoms with Crippen LogP contribution in [0.2, 0.25) is 0 Å². The van der Waals surface area contributed by atoms with Crippen molar-refractivity contribution < 1.29 is 19.1 Å². The van der Waals surface area contributed by atoms with Crippen molar-refractivity contribution in [2.75, 3.05) is 13.2 Å². The molecular weight excluding hydrogens is 222 g/mol. The number of nitrogens with two attached hydrogens (primary N) is 1. The third-order valence-corrected chi connectivity index (χ3v) is 1.83. The van der Waals surface area contributed by atoms with Crippen molar-refractivity contribution in [3.63, 3.8) is 0 Å². The molecule has 0 aromatic rings. The lowest BCUT2D eigenvalue weighted by molar-refractivity contribution is -0.152.